The fourth-order valence-electron chi connectivity index (χ4n) is 1.77. The summed E-state index contributed by atoms with van der Waals surface area (Å²) in [6, 6.07) is 0. The summed E-state index contributed by atoms with van der Waals surface area (Å²) in [7, 11) is 1.87. The van der Waals surface area contributed by atoms with Gasteiger partial charge in [-0.3, -0.25) is 4.79 Å². The maximum atomic E-state index is 11.6. The first-order valence-corrected chi connectivity index (χ1v) is 5.34. The number of ether oxygens (including phenoxy) is 1. The van der Waals surface area contributed by atoms with Crippen LogP contribution in [0.5, 0.6) is 0 Å². The van der Waals surface area contributed by atoms with E-state index in [2.05, 4.69) is 5.32 Å². The van der Waals surface area contributed by atoms with Gasteiger partial charge in [-0.05, 0) is 12.8 Å². The van der Waals surface area contributed by atoms with Gasteiger partial charge < -0.3 is 15.0 Å². The van der Waals surface area contributed by atoms with Crippen molar-refractivity contribution in [2.75, 3.05) is 33.3 Å². The number of morpholine rings is 1. The van der Waals surface area contributed by atoms with Crippen LogP contribution in [0, 0.1) is 5.92 Å². The van der Waals surface area contributed by atoms with Gasteiger partial charge in [0.05, 0.1) is 12.7 Å². The molecule has 1 aliphatic heterocycles. The SMILES string of the molecule is CN(CC1CNCCO1)C(=O)C1CC1. The van der Waals surface area contributed by atoms with Gasteiger partial charge in [0.2, 0.25) is 5.91 Å². The number of amides is 1. The average molecular weight is 198 g/mol. The van der Waals surface area contributed by atoms with Crippen LogP contribution >= 0.6 is 0 Å². The molecule has 2 aliphatic rings. The molecule has 0 aromatic heterocycles. The highest BCUT2D eigenvalue weighted by molar-refractivity contribution is 5.80. The van der Waals surface area contributed by atoms with Crippen molar-refractivity contribution in [3.8, 4) is 0 Å². The summed E-state index contributed by atoms with van der Waals surface area (Å²) in [6.07, 6.45) is 2.33. The molecule has 1 unspecified atom stereocenters. The normalized spacial score (nSPS) is 27.4. The van der Waals surface area contributed by atoms with E-state index >= 15 is 0 Å². The van der Waals surface area contributed by atoms with E-state index in [1.165, 1.54) is 0 Å². The first kappa shape index (κ1) is 9.93. The minimum atomic E-state index is 0.177. The van der Waals surface area contributed by atoms with Crippen LogP contribution in [0.1, 0.15) is 12.8 Å². The molecule has 1 N–H and O–H groups in total. The predicted molar refractivity (Wildman–Crippen MR) is 53.0 cm³/mol. The van der Waals surface area contributed by atoms with Gasteiger partial charge >= 0.3 is 0 Å². The van der Waals surface area contributed by atoms with Crippen molar-refractivity contribution >= 4 is 5.91 Å². The van der Waals surface area contributed by atoms with Crippen molar-refractivity contribution in [2.24, 2.45) is 5.92 Å². The molecule has 0 radical (unpaired) electrons. The summed E-state index contributed by atoms with van der Waals surface area (Å²) in [5, 5.41) is 3.26. The third-order valence-corrected chi connectivity index (χ3v) is 2.78. The van der Waals surface area contributed by atoms with E-state index < -0.39 is 0 Å². The molecule has 0 spiro atoms. The second kappa shape index (κ2) is 4.28. The largest absolute Gasteiger partial charge is 0.374 e. The smallest absolute Gasteiger partial charge is 0.225 e. The summed E-state index contributed by atoms with van der Waals surface area (Å²) in [4.78, 5) is 13.4. The molecule has 1 aliphatic carbocycles. The molecule has 0 aromatic rings. The minimum Gasteiger partial charge on any atom is -0.374 e. The molecule has 0 aromatic carbocycles. The fraction of sp³-hybridized carbons (Fsp3) is 0.900. The first-order valence-electron chi connectivity index (χ1n) is 5.34. The van der Waals surface area contributed by atoms with Crippen LogP contribution in [-0.2, 0) is 9.53 Å². The standard InChI is InChI=1S/C10H18N2O2/c1-12(10(13)8-2-3-8)7-9-6-11-4-5-14-9/h8-9,11H,2-7H2,1H3. The van der Waals surface area contributed by atoms with Gasteiger partial charge in [-0.15, -0.1) is 0 Å². The Morgan fingerprint density at radius 1 is 1.57 bits per heavy atom. The Labute approximate surface area is 84.6 Å². The summed E-state index contributed by atoms with van der Waals surface area (Å²) in [6.45, 7) is 3.28. The van der Waals surface area contributed by atoms with Gasteiger partial charge in [0.25, 0.3) is 0 Å². The Bertz CT molecular complexity index is 210. The van der Waals surface area contributed by atoms with E-state index in [1.54, 1.807) is 0 Å². The van der Waals surface area contributed by atoms with Crippen LogP contribution < -0.4 is 5.32 Å². The number of carbonyl (C=O) groups is 1. The Kier molecular flexibility index (Phi) is 3.03. The van der Waals surface area contributed by atoms with Crippen molar-refractivity contribution in [3.05, 3.63) is 0 Å². The Hall–Kier alpha value is -0.610. The number of nitrogens with one attached hydrogen (secondary N) is 1. The van der Waals surface area contributed by atoms with Gasteiger partial charge in [-0.25, -0.2) is 0 Å². The Balaban J connectivity index is 1.74. The molecule has 4 heteroatoms. The molecule has 1 saturated heterocycles. The molecule has 4 nitrogen and oxygen atoms in total. The third kappa shape index (κ3) is 2.45. The van der Waals surface area contributed by atoms with E-state index in [4.69, 9.17) is 4.74 Å². The summed E-state index contributed by atoms with van der Waals surface area (Å²) in [5.74, 6) is 0.607. The van der Waals surface area contributed by atoms with Gasteiger partial charge in [0.1, 0.15) is 0 Å². The van der Waals surface area contributed by atoms with E-state index in [1.807, 2.05) is 11.9 Å². The number of nitrogens with zero attached hydrogens (tertiary/aromatic N) is 1. The number of carbonyl (C=O) groups excluding carboxylic acids is 1. The zero-order valence-corrected chi connectivity index (χ0v) is 8.66. The van der Waals surface area contributed by atoms with Crippen molar-refractivity contribution < 1.29 is 9.53 Å². The lowest BCUT2D eigenvalue weighted by Gasteiger charge is -2.28. The Morgan fingerprint density at radius 2 is 2.36 bits per heavy atom. The first-order chi connectivity index (χ1) is 6.77. The molecule has 1 saturated carbocycles. The molecule has 2 fully saturated rings. The van der Waals surface area contributed by atoms with E-state index in [9.17, 15) is 4.79 Å². The van der Waals surface area contributed by atoms with Crippen molar-refractivity contribution in [2.45, 2.75) is 18.9 Å². The van der Waals surface area contributed by atoms with Gasteiger partial charge in [0.15, 0.2) is 0 Å². The summed E-state index contributed by atoms with van der Waals surface area (Å²) < 4.78 is 5.54. The average Bonchev–Trinajstić information content (AvgIpc) is 3.01. The maximum Gasteiger partial charge on any atom is 0.225 e. The van der Waals surface area contributed by atoms with Crippen LogP contribution in [-0.4, -0.2) is 50.2 Å². The van der Waals surface area contributed by atoms with Crippen LogP contribution in [0.3, 0.4) is 0 Å². The highest BCUT2D eigenvalue weighted by Gasteiger charge is 2.32. The van der Waals surface area contributed by atoms with Crippen LogP contribution in [0.4, 0.5) is 0 Å². The maximum absolute atomic E-state index is 11.6. The minimum absolute atomic E-state index is 0.177. The highest BCUT2D eigenvalue weighted by atomic mass is 16.5. The fourth-order valence-corrected chi connectivity index (χ4v) is 1.77. The van der Waals surface area contributed by atoms with Crippen LogP contribution in [0.25, 0.3) is 0 Å². The third-order valence-electron chi connectivity index (χ3n) is 2.78. The van der Waals surface area contributed by atoms with Crippen LogP contribution in [0.2, 0.25) is 0 Å². The lowest BCUT2D eigenvalue weighted by molar-refractivity contribution is -0.133. The molecule has 80 valence electrons. The molecule has 14 heavy (non-hydrogen) atoms. The van der Waals surface area contributed by atoms with Crippen LogP contribution in [0.15, 0.2) is 0 Å². The number of likely N-dealkylation sites (N-methyl/N-ethyl adjacent to an activating group) is 1. The Morgan fingerprint density at radius 3 is 2.93 bits per heavy atom. The molecule has 1 atom stereocenters. The second-order valence-electron chi connectivity index (χ2n) is 4.19. The zero-order chi connectivity index (χ0) is 9.97. The lowest BCUT2D eigenvalue weighted by Crippen LogP contribution is -2.46. The molecule has 1 amide bonds. The lowest BCUT2D eigenvalue weighted by atomic mass is 10.2. The molecule has 1 heterocycles. The van der Waals surface area contributed by atoms with Crippen molar-refractivity contribution in [3.63, 3.8) is 0 Å². The molecular weight excluding hydrogens is 180 g/mol. The monoisotopic (exact) mass is 198 g/mol. The number of rotatable bonds is 3. The summed E-state index contributed by atoms with van der Waals surface area (Å²) >= 11 is 0. The van der Waals surface area contributed by atoms with Gasteiger partial charge in [-0.2, -0.15) is 0 Å². The quantitative estimate of drug-likeness (QED) is 0.685. The number of hydrogen-bond acceptors (Lipinski definition) is 3. The zero-order valence-electron chi connectivity index (χ0n) is 8.66. The summed E-state index contributed by atoms with van der Waals surface area (Å²) in [5.41, 5.74) is 0. The predicted octanol–water partition coefficient (Wildman–Crippen LogP) is -0.157. The second-order valence-corrected chi connectivity index (χ2v) is 4.19. The van der Waals surface area contributed by atoms with Gasteiger partial charge in [-0.1, -0.05) is 0 Å². The van der Waals surface area contributed by atoms with Crippen molar-refractivity contribution in [1.82, 2.24) is 10.2 Å². The molecule has 2 rings (SSSR count). The topological polar surface area (TPSA) is 41.6 Å². The highest BCUT2D eigenvalue weighted by Crippen LogP contribution is 2.30. The van der Waals surface area contributed by atoms with E-state index in [-0.39, 0.29) is 6.10 Å². The van der Waals surface area contributed by atoms with Crippen molar-refractivity contribution in [1.29, 1.82) is 0 Å². The van der Waals surface area contributed by atoms with E-state index in [0.717, 1.165) is 39.1 Å². The van der Waals surface area contributed by atoms with Gasteiger partial charge in [0, 0.05) is 32.6 Å². The molecular formula is C10H18N2O2. The van der Waals surface area contributed by atoms with E-state index in [0.29, 0.717) is 11.8 Å². The molecule has 0 bridgehead atoms. The number of hydrogen-bond donors (Lipinski definition) is 1.